The molecule has 126 valence electrons. The molecule has 0 radical (unpaired) electrons. The SMILES string of the molecule is CNc1nc(-c2ccccc2)nc(-c2cccc(-c3ccccc3)c2)n1. The number of anilines is 1. The van der Waals surface area contributed by atoms with E-state index in [1.807, 2.05) is 67.7 Å². The third kappa shape index (κ3) is 3.30. The van der Waals surface area contributed by atoms with Gasteiger partial charge in [-0.15, -0.1) is 0 Å². The zero-order valence-corrected chi connectivity index (χ0v) is 14.4. The van der Waals surface area contributed by atoms with Crippen molar-refractivity contribution in [1.82, 2.24) is 15.0 Å². The first kappa shape index (κ1) is 16.0. The van der Waals surface area contributed by atoms with E-state index in [4.69, 9.17) is 4.98 Å². The van der Waals surface area contributed by atoms with E-state index in [1.165, 1.54) is 5.56 Å². The van der Waals surface area contributed by atoms with Crippen LogP contribution in [0.15, 0.2) is 84.9 Å². The molecule has 0 unspecified atom stereocenters. The van der Waals surface area contributed by atoms with Crippen molar-refractivity contribution in [2.75, 3.05) is 12.4 Å². The van der Waals surface area contributed by atoms with Gasteiger partial charge in [0.25, 0.3) is 0 Å². The summed E-state index contributed by atoms with van der Waals surface area (Å²) in [6.07, 6.45) is 0. The Morgan fingerprint density at radius 3 is 1.73 bits per heavy atom. The maximum atomic E-state index is 4.69. The van der Waals surface area contributed by atoms with Gasteiger partial charge in [0.15, 0.2) is 11.6 Å². The van der Waals surface area contributed by atoms with Gasteiger partial charge in [-0.2, -0.15) is 9.97 Å². The highest BCUT2D eigenvalue weighted by Gasteiger charge is 2.10. The number of aromatic nitrogens is 3. The van der Waals surface area contributed by atoms with Crippen LogP contribution in [-0.2, 0) is 0 Å². The fraction of sp³-hybridized carbons (Fsp3) is 0.0455. The Labute approximate surface area is 152 Å². The second-order valence-corrected chi connectivity index (χ2v) is 5.87. The van der Waals surface area contributed by atoms with Crippen molar-refractivity contribution in [1.29, 1.82) is 0 Å². The predicted octanol–water partition coefficient (Wildman–Crippen LogP) is 4.91. The molecule has 1 N–H and O–H groups in total. The van der Waals surface area contributed by atoms with Gasteiger partial charge < -0.3 is 5.32 Å². The van der Waals surface area contributed by atoms with Crippen molar-refractivity contribution >= 4 is 5.95 Å². The Morgan fingerprint density at radius 1 is 0.538 bits per heavy atom. The van der Waals surface area contributed by atoms with E-state index < -0.39 is 0 Å². The smallest absolute Gasteiger partial charge is 0.226 e. The van der Waals surface area contributed by atoms with Gasteiger partial charge in [-0.05, 0) is 17.2 Å². The lowest BCUT2D eigenvalue weighted by molar-refractivity contribution is 1.06. The van der Waals surface area contributed by atoms with Crippen molar-refractivity contribution in [2.45, 2.75) is 0 Å². The minimum Gasteiger partial charge on any atom is -0.357 e. The van der Waals surface area contributed by atoms with Crippen LogP contribution in [0.4, 0.5) is 5.95 Å². The van der Waals surface area contributed by atoms with E-state index in [0.717, 1.165) is 16.7 Å². The maximum Gasteiger partial charge on any atom is 0.226 e. The number of hydrogen-bond donors (Lipinski definition) is 1. The third-order valence-electron chi connectivity index (χ3n) is 4.12. The Hall–Kier alpha value is -3.53. The van der Waals surface area contributed by atoms with Crippen LogP contribution in [0.2, 0.25) is 0 Å². The summed E-state index contributed by atoms with van der Waals surface area (Å²) in [5.41, 5.74) is 4.23. The van der Waals surface area contributed by atoms with E-state index in [2.05, 4.69) is 39.6 Å². The molecule has 0 amide bonds. The quantitative estimate of drug-likeness (QED) is 0.574. The number of nitrogens with one attached hydrogen (secondary N) is 1. The topological polar surface area (TPSA) is 50.7 Å². The van der Waals surface area contributed by atoms with Crippen LogP contribution in [0, 0.1) is 0 Å². The summed E-state index contributed by atoms with van der Waals surface area (Å²) < 4.78 is 0. The Kier molecular flexibility index (Phi) is 4.39. The number of rotatable bonds is 4. The lowest BCUT2D eigenvalue weighted by atomic mass is 10.0. The minimum atomic E-state index is 0.555. The monoisotopic (exact) mass is 338 g/mol. The average Bonchev–Trinajstić information content (AvgIpc) is 2.75. The van der Waals surface area contributed by atoms with Crippen LogP contribution in [0.25, 0.3) is 33.9 Å². The van der Waals surface area contributed by atoms with Crippen molar-refractivity contribution < 1.29 is 0 Å². The summed E-state index contributed by atoms with van der Waals surface area (Å²) in [6.45, 7) is 0. The molecule has 3 aromatic carbocycles. The zero-order valence-electron chi connectivity index (χ0n) is 14.4. The van der Waals surface area contributed by atoms with Gasteiger partial charge in [-0.25, -0.2) is 4.98 Å². The van der Waals surface area contributed by atoms with Gasteiger partial charge in [-0.1, -0.05) is 78.9 Å². The molecule has 0 atom stereocenters. The fourth-order valence-corrected chi connectivity index (χ4v) is 2.80. The van der Waals surface area contributed by atoms with Gasteiger partial charge in [-0.3, -0.25) is 0 Å². The summed E-state index contributed by atoms with van der Waals surface area (Å²) in [4.78, 5) is 13.7. The molecule has 4 aromatic rings. The van der Waals surface area contributed by atoms with E-state index in [1.54, 1.807) is 0 Å². The highest BCUT2D eigenvalue weighted by atomic mass is 15.1. The highest BCUT2D eigenvalue weighted by Crippen LogP contribution is 2.26. The second-order valence-electron chi connectivity index (χ2n) is 5.87. The first-order valence-corrected chi connectivity index (χ1v) is 8.48. The van der Waals surface area contributed by atoms with Gasteiger partial charge in [0.05, 0.1) is 0 Å². The summed E-state index contributed by atoms with van der Waals surface area (Å²) in [5, 5.41) is 3.03. The molecule has 4 rings (SSSR count). The first-order valence-electron chi connectivity index (χ1n) is 8.48. The summed E-state index contributed by atoms with van der Waals surface area (Å²) in [6, 6.07) is 28.5. The first-order chi connectivity index (χ1) is 12.8. The molecule has 26 heavy (non-hydrogen) atoms. The van der Waals surface area contributed by atoms with E-state index >= 15 is 0 Å². The Bertz CT molecular complexity index is 1010. The molecular weight excluding hydrogens is 320 g/mol. The molecule has 0 fully saturated rings. The lowest BCUT2D eigenvalue weighted by Crippen LogP contribution is -2.02. The molecule has 0 saturated heterocycles. The molecule has 0 aliphatic rings. The molecule has 0 saturated carbocycles. The maximum absolute atomic E-state index is 4.69. The van der Waals surface area contributed by atoms with Gasteiger partial charge >= 0.3 is 0 Å². The van der Waals surface area contributed by atoms with E-state index in [9.17, 15) is 0 Å². The molecule has 1 aromatic heterocycles. The fourth-order valence-electron chi connectivity index (χ4n) is 2.80. The predicted molar refractivity (Wildman–Crippen MR) is 106 cm³/mol. The molecule has 1 heterocycles. The number of benzene rings is 3. The normalized spacial score (nSPS) is 10.5. The van der Waals surface area contributed by atoms with E-state index in [0.29, 0.717) is 17.6 Å². The van der Waals surface area contributed by atoms with Crippen LogP contribution >= 0.6 is 0 Å². The molecule has 0 aliphatic carbocycles. The highest BCUT2D eigenvalue weighted by molar-refractivity contribution is 5.71. The molecule has 4 nitrogen and oxygen atoms in total. The largest absolute Gasteiger partial charge is 0.357 e. The van der Waals surface area contributed by atoms with Gasteiger partial charge in [0.1, 0.15) is 0 Å². The van der Waals surface area contributed by atoms with Crippen LogP contribution in [0.3, 0.4) is 0 Å². The minimum absolute atomic E-state index is 0.555. The molecule has 0 spiro atoms. The number of hydrogen-bond acceptors (Lipinski definition) is 4. The molecule has 0 aliphatic heterocycles. The summed E-state index contributed by atoms with van der Waals surface area (Å²) >= 11 is 0. The Morgan fingerprint density at radius 2 is 1.08 bits per heavy atom. The van der Waals surface area contributed by atoms with Gasteiger partial charge in [0.2, 0.25) is 5.95 Å². The zero-order chi connectivity index (χ0) is 17.8. The third-order valence-corrected chi connectivity index (χ3v) is 4.12. The van der Waals surface area contributed by atoms with Crippen LogP contribution in [0.5, 0.6) is 0 Å². The van der Waals surface area contributed by atoms with Crippen LogP contribution in [-0.4, -0.2) is 22.0 Å². The molecule has 4 heteroatoms. The number of nitrogens with zero attached hydrogens (tertiary/aromatic N) is 3. The van der Waals surface area contributed by atoms with Crippen molar-refractivity contribution in [3.63, 3.8) is 0 Å². The van der Waals surface area contributed by atoms with Crippen molar-refractivity contribution in [3.05, 3.63) is 84.9 Å². The van der Waals surface area contributed by atoms with Crippen LogP contribution < -0.4 is 5.32 Å². The van der Waals surface area contributed by atoms with Crippen molar-refractivity contribution in [3.8, 4) is 33.9 Å². The summed E-state index contributed by atoms with van der Waals surface area (Å²) in [7, 11) is 1.81. The van der Waals surface area contributed by atoms with Crippen molar-refractivity contribution in [2.24, 2.45) is 0 Å². The second kappa shape index (κ2) is 7.15. The standard InChI is InChI=1S/C22H18N4/c1-23-22-25-20(17-11-6-3-7-12-17)24-21(26-22)19-14-8-13-18(15-19)16-9-4-2-5-10-16/h2-15H,1H3,(H,23,24,25,26). The lowest BCUT2D eigenvalue weighted by Gasteiger charge is -2.09. The van der Waals surface area contributed by atoms with Crippen LogP contribution in [0.1, 0.15) is 0 Å². The summed E-state index contributed by atoms with van der Waals surface area (Å²) in [5.74, 6) is 1.87. The Balaban J connectivity index is 1.81. The average molecular weight is 338 g/mol. The molecular formula is C22H18N4. The van der Waals surface area contributed by atoms with E-state index in [-0.39, 0.29) is 0 Å². The van der Waals surface area contributed by atoms with Gasteiger partial charge in [0, 0.05) is 18.2 Å². The molecule has 0 bridgehead atoms.